The number of benzene rings is 1. The Kier molecular flexibility index (Phi) is 3.44. The zero-order valence-corrected chi connectivity index (χ0v) is 10.6. The van der Waals surface area contributed by atoms with E-state index in [0.717, 1.165) is 6.54 Å². The minimum absolute atomic E-state index is 0.522. The summed E-state index contributed by atoms with van der Waals surface area (Å²) >= 11 is 3.62. The molecule has 0 aliphatic carbocycles. The van der Waals surface area contributed by atoms with Crippen LogP contribution < -0.4 is 5.73 Å². The number of rotatable bonds is 2. The van der Waals surface area contributed by atoms with Crippen LogP contribution in [0.2, 0.25) is 0 Å². The molecule has 0 amide bonds. The first-order valence-corrected chi connectivity index (χ1v) is 6.19. The normalized spacial score (nSPS) is 27.1. The Bertz CT molecular complexity index is 340. The molecule has 0 spiro atoms. The van der Waals surface area contributed by atoms with Crippen molar-refractivity contribution in [2.45, 2.75) is 24.9 Å². The Morgan fingerprint density at radius 1 is 1.40 bits per heavy atom. The predicted molar refractivity (Wildman–Crippen MR) is 66.7 cm³/mol. The number of nitrogens with zero attached hydrogens (tertiary/aromatic N) is 1. The second-order valence-corrected chi connectivity index (χ2v) is 5.02. The van der Waals surface area contributed by atoms with Crippen molar-refractivity contribution < 1.29 is 0 Å². The maximum atomic E-state index is 5.75. The first kappa shape index (κ1) is 11.1. The minimum atomic E-state index is 0.522. The fourth-order valence-corrected chi connectivity index (χ4v) is 2.97. The Hall–Kier alpha value is -0.380. The van der Waals surface area contributed by atoms with Crippen LogP contribution in [0.15, 0.2) is 28.7 Å². The second kappa shape index (κ2) is 4.64. The van der Waals surface area contributed by atoms with Gasteiger partial charge in [0, 0.05) is 23.1 Å². The molecule has 1 aromatic rings. The van der Waals surface area contributed by atoms with Gasteiger partial charge in [0.2, 0.25) is 0 Å². The van der Waals surface area contributed by atoms with Crippen LogP contribution in [-0.4, -0.2) is 24.5 Å². The van der Waals surface area contributed by atoms with Crippen molar-refractivity contribution in [1.82, 2.24) is 4.90 Å². The molecule has 3 heteroatoms. The van der Waals surface area contributed by atoms with Crippen molar-refractivity contribution >= 4 is 15.9 Å². The van der Waals surface area contributed by atoms with Gasteiger partial charge in [0.25, 0.3) is 0 Å². The Morgan fingerprint density at radius 2 is 2.13 bits per heavy atom. The van der Waals surface area contributed by atoms with E-state index >= 15 is 0 Å². The zero-order valence-electron chi connectivity index (χ0n) is 8.99. The lowest BCUT2D eigenvalue weighted by atomic mass is 10.1. The summed E-state index contributed by atoms with van der Waals surface area (Å²) in [6, 6.07) is 9.53. The van der Waals surface area contributed by atoms with Crippen LogP contribution in [0.4, 0.5) is 0 Å². The highest BCUT2D eigenvalue weighted by atomic mass is 79.9. The van der Waals surface area contributed by atoms with Crippen molar-refractivity contribution in [1.29, 1.82) is 0 Å². The third-order valence-electron chi connectivity index (χ3n) is 3.38. The van der Waals surface area contributed by atoms with E-state index in [1.54, 1.807) is 0 Å². The molecule has 0 aromatic heterocycles. The minimum Gasteiger partial charge on any atom is -0.329 e. The molecule has 1 saturated heterocycles. The molecule has 15 heavy (non-hydrogen) atoms. The van der Waals surface area contributed by atoms with Gasteiger partial charge in [0.15, 0.2) is 0 Å². The van der Waals surface area contributed by atoms with E-state index < -0.39 is 0 Å². The number of nitrogens with two attached hydrogens (primary N) is 1. The molecule has 1 fully saturated rings. The van der Waals surface area contributed by atoms with Crippen LogP contribution in [0, 0.1) is 0 Å². The predicted octanol–water partition coefficient (Wildman–Crippen LogP) is 2.54. The largest absolute Gasteiger partial charge is 0.329 e. The van der Waals surface area contributed by atoms with Crippen molar-refractivity contribution in [2.75, 3.05) is 13.6 Å². The number of hydrogen-bond acceptors (Lipinski definition) is 2. The van der Waals surface area contributed by atoms with E-state index in [0.29, 0.717) is 12.1 Å². The van der Waals surface area contributed by atoms with E-state index in [4.69, 9.17) is 5.73 Å². The summed E-state index contributed by atoms with van der Waals surface area (Å²) in [7, 11) is 2.18. The van der Waals surface area contributed by atoms with Gasteiger partial charge in [-0.3, -0.25) is 4.90 Å². The first-order valence-electron chi connectivity index (χ1n) is 5.40. The molecule has 2 N–H and O–H groups in total. The van der Waals surface area contributed by atoms with Crippen LogP contribution in [0.1, 0.15) is 24.4 Å². The monoisotopic (exact) mass is 268 g/mol. The molecule has 1 aliphatic rings. The van der Waals surface area contributed by atoms with Crippen molar-refractivity contribution in [2.24, 2.45) is 5.73 Å². The average molecular weight is 269 g/mol. The van der Waals surface area contributed by atoms with Gasteiger partial charge in [-0.05, 0) is 31.5 Å². The molecule has 0 saturated carbocycles. The SMILES string of the molecule is CN1C(CN)CCC1c1ccccc1Br. The number of halogens is 1. The molecule has 2 rings (SSSR count). The van der Waals surface area contributed by atoms with E-state index in [2.05, 4.69) is 52.1 Å². The van der Waals surface area contributed by atoms with Gasteiger partial charge in [0.1, 0.15) is 0 Å². The highest BCUT2D eigenvalue weighted by molar-refractivity contribution is 9.10. The molecule has 0 radical (unpaired) electrons. The van der Waals surface area contributed by atoms with Gasteiger partial charge in [-0.15, -0.1) is 0 Å². The maximum Gasteiger partial charge on any atom is 0.0360 e. The van der Waals surface area contributed by atoms with E-state index in [1.807, 2.05) is 0 Å². The summed E-state index contributed by atoms with van der Waals surface area (Å²) in [5.41, 5.74) is 7.13. The topological polar surface area (TPSA) is 29.3 Å². The molecule has 2 nitrogen and oxygen atoms in total. The summed E-state index contributed by atoms with van der Waals surface area (Å²) in [5, 5.41) is 0. The highest BCUT2D eigenvalue weighted by Gasteiger charge is 2.31. The number of likely N-dealkylation sites (N-methyl/N-ethyl adjacent to an activating group) is 1. The van der Waals surface area contributed by atoms with Crippen LogP contribution in [0.25, 0.3) is 0 Å². The van der Waals surface area contributed by atoms with Crippen molar-refractivity contribution in [3.63, 3.8) is 0 Å². The van der Waals surface area contributed by atoms with Crippen LogP contribution in [0.3, 0.4) is 0 Å². The lowest BCUT2D eigenvalue weighted by molar-refractivity contribution is 0.247. The molecule has 82 valence electrons. The highest BCUT2D eigenvalue weighted by Crippen LogP contribution is 2.37. The third-order valence-corrected chi connectivity index (χ3v) is 4.10. The standard InChI is InChI=1S/C12H17BrN2/c1-15-9(8-14)6-7-12(15)10-4-2-3-5-11(10)13/h2-5,9,12H,6-8,14H2,1H3. The Balaban J connectivity index is 2.22. The van der Waals surface area contributed by atoms with Crippen LogP contribution in [-0.2, 0) is 0 Å². The molecular formula is C12H17BrN2. The van der Waals surface area contributed by atoms with E-state index in [-0.39, 0.29) is 0 Å². The van der Waals surface area contributed by atoms with Gasteiger partial charge in [-0.2, -0.15) is 0 Å². The summed E-state index contributed by atoms with van der Waals surface area (Å²) in [4.78, 5) is 2.40. The molecule has 0 bridgehead atoms. The lowest BCUT2D eigenvalue weighted by Gasteiger charge is -2.25. The summed E-state index contributed by atoms with van der Waals surface area (Å²) in [5.74, 6) is 0. The first-order chi connectivity index (χ1) is 7.24. The molecule has 1 aliphatic heterocycles. The molecule has 2 atom stereocenters. The average Bonchev–Trinajstić information content (AvgIpc) is 2.60. The van der Waals surface area contributed by atoms with Gasteiger partial charge in [-0.1, -0.05) is 34.1 Å². The zero-order chi connectivity index (χ0) is 10.8. The fourth-order valence-electron chi connectivity index (χ4n) is 2.42. The van der Waals surface area contributed by atoms with Gasteiger partial charge >= 0.3 is 0 Å². The van der Waals surface area contributed by atoms with Gasteiger partial charge in [0.05, 0.1) is 0 Å². The molecule has 1 aromatic carbocycles. The smallest absolute Gasteiger partial charge is 0.0360 e. The van der Waals surface area contributed by atoms with E-state index in [9.17, 15) is 0 Å². The summed E-state index contributed by atoms with van der Waals surface area (Å²) in [6.45, 7) is 0.761. The molecule has 1 heterocycles. The number of hydrogen-bond donors (Lipinski definition) is 1. The fraction of sp³-hybridized carbons (Fsp3) is 0.500. The lowest BCUT2D eigenvalue weighted by Crippen LogP contribution is -2.33. The van der Waals surface area contributed by atoms with Crippen molar-refractivity contribution in [3.05, 3.63) is 34.3 Å². The van der Waals surface area contributed by atoms with Gasteiger partial charge in [-0.25, -0.2) is 0 Å². The van der Waals surface area contributed by atoms with E-state index in [1.165, 1.54) is 22.9 Å². The van der Waals surface area contributed by atoms with Crippen LogP contribution >= 0.6 is 15.9 Å². The molecule has 2 unspecified atom stereocenters. The molecular weight excluding hydrogens is 252 g/mol. The number of likely N-dealkylation sites (tertiary alicyclic amines) is 1. The second-order valence-electron chi connectivity index (χ2n) is 4.17. The Labute approximate surface area is 99.6 Å². The van der Waals surface area contributed by atoms with Crippen LogP contribution in [0.5, 0.6) is 0 Å². The Morgan fingerprint density at radius 3 is 2.73 bits per heavy atom. The quantitative estimate of drug-likeness (QED) is 0.894. The maximum absolute atomic E-state index is 5.75. The summed E-state index contributed by atoms with van der Waals surface area (Å²) < 4.78 is 1.21. The van der Waals surface area contributed by atoms with Crippen molar-refractivity contribution in [3.8, 4) is 0 Å². The third kappa shape index (κ3) is 2.10. The van der Waals surface area contributed by atoms with Gasteiger partial charge < -0.3 is 5.73 Å². The summed E-state index contributed by atoms with van der Waals surface area (Å²) in [6.07, 6.45) is 2.42.